The van der Waals surface area contributed by atoms with Crippen molar-refractivity contribution in [3.63, 3.8) is 0 Å². The smallest absolute Gasteiger partial charge is 0.151 e. The fourth-order valence-corrected chi connectivity index (χ4v) is 2.11. The fraction of sp³-hybridized carbons (Fsp3) is 0.250. The molecule has 0 aliphatic heterocycles. The molecule has 17 heavy (non-hydrogen) atoms. The van der Waals surface area contributed by atoms with E-state index in [1.807, 2.05) is 41.6 Å². The van der Waals surface area contributed by atoms with Gasteiger partial charge in [-0.15, -0.1) is 21.5 Å². The molecule has 0 saturated carbocycles. The molecule has 2 heterocycles. The van der Waals surface area contributed by atoms with E-state index >= 15 is 0 Å². The van der Waals surface area contributed by atoms with Crippen LogP contribution in [0.2, 0.25) is 0 Å². The number of hydrogen-bond donors (Lipinski definition) is 0. The molecule has 0 atom stereocenters. The summed E-state index contributed by atoms with van der Waals surface area (Å²) < 4.78 is 0. The van der Waals surface area contributed by atoms with Gasteiger partial charge in [0.1, 0.15) is 5.69 Å². The third kappa shape index (κ3) is 2.80. The van der Waals surface area contributed by atoms with E-state index in [0.29, 0.717) is 13.0 Å². The van der Waals surface area contributed by atoms with Gasteiger partial charge >= 0.3 is 0 Å². The molecule has 0 aliphatic rings. The van der Waals surface area contributed by atoms with Crippen LogP contribution < -0.4 is 4.90 Å². The van der Waals surface area contributed by atoms with Gasteiger partial charge in [-0.3, -0.25) is 0 Å². The zero-order chi connectivity index (χ0) is 12.1. The predicted molar refractivity (Wildman–Crippen MR) is 68.8 cm³/mol. The average molecular weight is 244 g/mol. The minimum Gasteiger partial charge on any atom is -0.357 e. The standard InChI is InChI=1S/C12H12N4S/c1-16(8-3-7-13)12-6-5-10(14-15-12)11-4-2-9-17-11/h2,4-6,9H,3,8H2,1H3. The number of nitriles is 1. The van der Waals surface area contributed by atoms with E-state index in [0.717, 1.165) is 16.4 Å². The maximum absolute atomic E-state index is 8.52. The van der Waals surface area contributed by atoms with E-state index in [-0.39, 0.29) is 0 Å². The molecule has 0 saturated heterocycles. The summed E-state index contributed by atoms with van der Waals surface area (Å²) in [5.74, 6) is 0.792. The van der Waals surface area contributed by atoms with E-state index in [1.54, 1.807) is 11.3 Å². The molecule has 0 aromatic carbocycles. The Morgan fingerprint density at radius 3 is 2.82 bits per heavy atom. The minimum absolute atomic E-state index is 0.491. The van der Waals surface area contributed by atoms with Crippen LogP contribution in [0.1, 0.15) is 6.42 Å². The Morgan fingerprint density at radius 1 is 1.35 bits per heavy atom. The van der Waals surface area contributed by atoms with Crippen molar-refractivity contribution in [2.75, 3.05) is 18.5 Å². The van der Waals surface area contributed by atoms with Gasteiger partial charge in [0, 0.05) is 13.6 Å². The highest BCUT2D eigenvalue weighted by molar-refractivity contribution is 7.13. The topological polar surface area (TPSA) is 52.8 Å². The van der Waals surface area contributed by atoms with Gasteiger partial charge in [-0.1, -0.05) is 6.07 Å². The summed E-state index contributed by atoms with van der Waals surface area (Å²) in [5.41, 5.74) is 0.887. The Hall–Kier alpha value is -1.93. The zero-order valence-corrected chi connectivity index (χ0v) is 10.3. The molecule has 0 unspecified atom stereocenters. The number of aromatic nitrogens is 2. The summed E-state index contributed by atoms with van der Waals surface area (Å²) in [6.07, 6.45) is 0.491. The molecule has 2 aromatic rings. The average Bonchev–Trinajstić information content (AvgIpc) is 2.90. The molecular formula is C12H12N4S. The van der Waals surface area contributed by atoms with Crippen molar-refractivity contribution in [3.8, 4) is 16.6 Å². The van der Waals surface area contributed by atoms with Crippen LogP contribution in [0.3, 0.4) is 0 Å². The minimum atomic E-state index is 0.491. The highest BCUT2D eigenvalue weighted by Crippen LogP contribution is 2.22. The van der Waals surface area contributed by atoms with Gasteiger partial charge < -0.3 is 4.90 Å². The normalized spacial score (nSPS) is 9.88. The molecule has 2 aromatic heterocycles. The summed E-state index contributed by atoms with van der Waals surface area (Å²) in [7, 11) is 1.91. The summed E-state index contributed by atoms with van der Waals surface area (Å²) in [6.45, 7) is 0.670. The molecule has 0 spiro atoms. The van der Waals surface area contributed by atoms with Gasteiger partial charge in [-0.2, -0.15) is 5.26 Å². The van der Waals surface area contributed by atoms with Crippen molar-refractivity contribution in [1.82, 2.24) is 10.2 Å². The van der Waals surface area contributed by atoms with E-state index in [1.165, 1.54) is 0 Å². The fourth-order valence-electron chi connectivity index (χ4n) is 1.42. The summed E-state index contributed by atoms with van der Waals surface area (Å²) in [5, 5.41) is 18.9. The first-order chi connectivity index (χ1) is 8.31. The predicted octanol–water partition coefficient (Wildman–Crippen LogP) is 2.55. The van der Waals surface area contributed by atoms with Gasteiger partial charge in [0.2, 0.25) is 0 Å². The number of thiophene rings is 1. The van der Waals surface area contributed by atoms with E-state index in [4.69, 9.17) is 5.26 Å². The lowest BCUT2D eigenvalue weighted by Gasteiger charge is -2.15. The summed E-state index contributed by atoms with van der Waals surface area (Å²) in [6, 6.07) is 10.0. The lowest BCUT2D eigenvalue weighted by molar-refractivity contribution is 0.861. The first-order valence-electron chi connectivity index (χ1n) is 5.27. The lowest BCUT2D eigenvalue weighted by atomic mass is 10.3. The van der Waals surface area contributed by atoms with E-state index in [9.17, 15) is 0 Å². The van der Waals surface area contributed by atoms with Gasteiger partial charge in [0.15, 0.2) is 5.82 Å². The maximum atomic E-state index is 8.52. The molecule has 5 heteroatoms. The monoisotopic (exact) mass is 244 g/mol. The molecule has 0 bridgehead atoms. The van der Waals surface area contributed by atoms with Crippen molar-refractivity contribution < 1.29 is 0 Å². The summed E-state index contributed by atoms with van der Waals surface area (Å²) in [4.78, 5) is 3.04. The third-order valence-corrected chi connectivity index (χ3v) is 3.27. The molecule has 0 N–H and O–H groups in total. The lowest BCUT2D eigenvalue weighted by Crippen LogP contribution is -2.19. The zero-order valence-electron chi connectivity index (χ0n) is 9.50. The van der Waals surface area contributed by atoms with Crippen LogP contribution in [-0.2, 0) is 0 Å². The largest absolute Gasteiger partial charge is 0.357 e. The number of rotatable bonds is 4. The van der Waals surface area contributed by atoms with Crippen LogP contribution in [0.25, 0.3) is 10.6 Å². The molecule has 0 fully saturated rings. The van der Waals surface area contributed by atoms with Crippen LogP contribution >= 0.6 is 11.3 Å². The molecule has 0 radical (unpaired) electrons. The molecule has 0 amide bonds. The molecule has 86 valence electrons. The Bertz CT molecular complexity index is 498. The van der Waals surface area contributed by atoms with Crippen molar-refractivity contribution in [2.24, 2.45) is 0 Å². The quantitative estimate of drug-likeness (QED) is 0.829. The van der Waals surface area contributed by atoms with Gasteiger partial charge in [0.05, 0.1) is 17.4 Å². The Kier molecular flexibility index (Phi) is 3.68. The van der Waals surface area contributed by atoms with Crippen LogP contribution in [0.5, 0.6) is 0 Å². The first kappa shape index (κ1) is 11.6. The second-order valence-corrected chi connectivity index (χ2v) is 4.53. The highest BCUT2D eigenvalue weighted by Gasteiger charge is 2.05. The van der Waals surface area contributed by atoms with E-state index < -0.39 is 0 Å². The Labute approximate surface area is 104 Å². The molecule has 0 aliphatic carbocycles. The first-order valence-corrected chi connectivity index (χ1v) is 6.15. The van der Waals surface area contributed by atoms with Crippen LogP contribution in [0, 0.1) is 11.3 Å². The van der Waals surface area contributed by atoms with Crippen molar-refractivity contribution in [2.45, 2.75) is 6.42 Å². The van der Waals surface area contributed by atoms with Gasteiger partial charge in [-0.25, -0.2) is 0 Å². The highest BCUT2D eigenvalue weighted by atomic mass is 32.1. The third-order valence-electron chi connectivity index (χ3n) is 2.37. The van der Waals surface area contributed by atoms with Crippen molar-refractivity contribution in [3.05, 3.63) is 29.6 Å². The second kappa shape index (κ2) is 5.41. The Balaban J connectivity index is 2.11. The number of hydrogen-bond acceptors (Lipinski definition) is 5. The van der Waals surface area contributed by atoms with Crippen molar-refractivity contribution in [1.29, 1.82) is 5.26 Å². The van der Waals surface area contributed by atoms with Gasteiger partial charge in [0.25, 0.3) is 0 Å². The van der Waals surface area contributed by atoms with Crippen LogP contribution in [0.4, 0.5) is 5.82 Å². The Morgan fingerprint density at radius 2 is 2.24 bits per heavy atom. The molecule has 2 rings (SSSR count). The number of nitrogens with zero attached hydrogens (tertiary/aromatic N) is 4. The van der Waals surface area contributed by atoms with Crippen molar-refractivity contribution >= 4 is 17.2 Å². The number of anilines is 1. The van der Waals surface area contributed by atoms with Crippen LogP contribution in [-0.4, -0.2) is 23.8 Å². The molecular weight excluding hydrogens is 232 g/mol. The molecule has 4 nitrogen and oxygen atoms in total. The SMILES string of the molecule is CN(CCC#N)c1ccc(-c2cccs2)nn1. The van der Waals surface area contributed by atoms with E-state index in [2.05, 4.69) is 16.3 Å². The maximum Gasteiger partial charge on any atom is 0.151 e. The summed E-state index contributed by atoms with van der Waals surface area (Å²) >= 11 is 1.64. The second-order valence-electron chi connectivity index (χ2n) is 3.58. The van der Waals surface area contributed by atoms with Crippen LogP contribution in [0.15, 0.2) is 29.6 Å². The van der Waals surface area contributed by atoms with Gasteiger partial charge in [-0.05, 0) is 23.6 Å².